The van der Waals surface area contributed by atoms with E-state index in [-0.39, 0.29) is 23.6 Å². The van der Waals surface area contributed by atoms with E-state index in [0.29, 0.717) is 17.1 Å². The van der Waals surface area contributed by atoms with Crippen molar-refractivity contribution in [2.45, 2.75) is 18.9 Å². The first-order valence-electron chi connectivity index (χ1n) is 9.92. The van der Waals surface area contributed by atoms with Gasteiger partial charge in [0.05, 0.1) is 11.4 Å². The third-order valence-electron chi connectivity index (χ3n) is 5.05. The summed E-state index contributed by atoms with van der Waals surface area (Å²) in [6.45, 7) is 5.38. The Labute approximate surface area is 176 Å². The van der Waals surface area contributed by atoms with Gasteiger partial charge in [-0.05, 0) is 68.9 Å². The van der Waals surface area contributed by atoms with Crippen LogP contribution >= 0.6 is 0 Å². The van der Waals surface area contributed by atoms with Crippen LogP contribution in [0.2, 0.25) is 0 Å². The highest BCUT2D eigenvalue weighted by molar-refractivity contribution is 6.00. The minimum absolute atomic E-state index is 0.134. The number of benzene rings is 1. The van der Waals surface area contributed by atoms with E-state index >= 15 is 0 Å². The van der Waals surface area contributed by atoms with Gasteiger partial charge in [-0.1, -0.05) is 30.9 Å². The summed E-state index contributed by atoms with van der Waals surface area (Å²) in [6, 6.07) is 11.0. The van der Waals surface area contributed by atoms with Crippen molar-refractivity contribution in [1.29, 1.82) is 0 Å². The van der Waals surface area contributed by atoms with Crippen molar-refractivity contribution < 1.29 is 9.59 Å². The number of para-hydroxylation sites is 1. The Kier molecular flexibility index (Phi) is 6.98. The second-order valence-electron chi connectivity index (χ2n) is 7.34. The van der Waals surface area contributed by atoms with Crippen LogP contribution in [0.15, 0.2) is 49.1 Å². The third-order valence-corrected chi connectivity index (χ3v) is 5.05. The average Bonchev–Trinajstić information content (AvgIpc) is 2.75. The van der Waals surface area contributed by atoms with Crippen LogP contribution in [0.4, 0.5) is 11.4 Å². The van der Waals surface area contributed by atoms with Crippen molar-refractivity contribution in [3.05, 3.63) is 66.0 Å². The quantitative estimate of drug-likeness (QED) is 0.642. The molecule has 0 bridgehead atoms. The number of nitrogens with two attached hydrogens (primary N) is 1. The van der Waals surface area contributed by atoms with Crippen LogP contribution < -0.4 is 16.4 Å². The molecular formula is C23H27N5O2. The number of hydrogen-bond donors (Lipinski definition) is 3. The number of aromatic nitrogens is 1. The summed E-state index contributed by atoms with van der Waals surface area (Å²) in [4.78, 5) is 31.0. The van der Waals surface area contributed by atoms with Gasteiger partial charge in [-0.25, -0.2) is 4.98 Å². The van der Waals surface area contributed by atoms with Crippen molar-refractivity contribution in [2.24, 2.45) is 0 Å². The topological polar surface area (TPSA) is 100 Å². The number of anilines is 2. The Morgan fingerprint density at radius 2 is 1.90 bits per heavy atom. The second-order valence-corrected chi connectivity index (χ2v) is 7.34. The highest BCUT2D eigenvalue weighted by atomic mass is 16.2. The molecule has 2 aromatic rings. The molecule has 1 fully saturated rings. The number of nitrogen functional groups attached to an aromatic ring is 1. The van der Waals surface area contributed by atoms with Gasteiger partial charge >= 0.3 is 0 Å². The Morgan fingerprint density at radius 3 is 2.63 bits per heavy atom. The standard InChI is InChI=1S/C23H27N5O2/c1-3-21(29)27-20-7-5-4-6-16(20)8-9-17-10-11-19(24)22(25-17)23(30)26-18-12-14-28(2)15-13-18/h3-11,18H,1,12-15,24H2,2H3,(H,26,30)(H,27,29)/b9-8+. The number of carbonyl (C=O) groups is 2. The van der Waals surface area contributed by atoms with Crippen LogP contribution in [0.25, 0.3) is 12.2 Å². The van der Waals surface area contributed by atoms with E-state index < -0.39 is 0 Å². The van der Waals surface area contributed by atoms with Crippen molar-refractivity contribution in [2.75, 3.05) is 31.2 Å². The molecule has 0 aliphatic carbocycles. The predicted octanol–water partition coefficient (Wildman–Crippen LogP) is 2.78. The maximum atomic E-state index is 12.7. The number of pyridine rings is 1. The lowest BCUT2D eigenvalue weighted by Crippen LogP contribution is -2.43. The monoisotopic (exact) mass is 405 g/mol. The van der Waals surface area contributed by atoms with Crippen LogP contribution in [0.3, 0.4) is 0 Å². The molecule has 0 radical (unpaired) electrons. The van der Waals surface area contributed by atoms with E-state index in [9.17, 15) is 9.59 Å². The molecule has 0 atom stereocenters. The molecule has 3 rings (SSSR count). The normalized spacial score (nSPS) is 15.1. The molecular weight excluding hydrogens is 378 g/mol. The zero-order valence-electron chi connectivity index (χ0n) is 17.1. The maximum absolute atomic E-state index is 12.7. The Bertz CT molecular complexity index is 962. The number of likely N-dealkylation sites (tertiary alicyclic amines) is 1. The number of amides is 2. The minimum Gasteiger partial charge on any atom is -0.397 e. The average molecular weight is 406 g/mol. The number of hydrogen-bond acceptors (Lipinski definition) is 5. The zero-order chi connectivity index (χ0) is 21.5. The molecule has 0 spiro atoms. The first-order chi connectivity index (χ1) is 14.5. The summed E-state index contributed by atoms with van der Waals surface area (Å²) in [5.41, 5.74) is 8.65. The van der Waals surface area contributed by atoms with Crippen molar-refractivity contribution >= 4 is 35.3 Å². The van der Waals surface area contributed by atoms with Gasteiger partial charge in [-0.15, -0.1) is 0 Å². The van der Waals surface area contributed by atoms with Gasteiger partial charge in [0.15, 0.2) is 5.69 Å². The number of rotatable bonds is 6. The van der Waals surface area contributed by atoms with E-state index in [0.717, 1.165) is 31.5 Å². The van der Waals surface area contributed by atoms with Gasteiger partial charge < -0.3 is 21.3 Å². The summed E-state index contributed by atoms with van der Waals surface area (Å²) < 4.78 is 0. The van der Waals surface area contributed by atoms with Gasteiger partial charge in [0, 0.05) is 11.7 Å². The molecule has 2 heterocycles. The van der Waals surface area contributed by atoms with E-state index in [2.05, 4.69) is 34.1 Å². The first kappa shape index (κ1) is 21.3. The molecule has 7 heteroatoms. The largest absolute Gasteiger partial charge is 0.397 e. The first-order valence-corrected chi connectivity index (χ1v) is 9.92. The molecule has 4 N–H and O–H groups in total. The highest BCUT2D eigenvalue weighted by Crippen LogP contribution is 2.19. The van der Waals surface area contributed by atoms with Crippen LogP contribution in [0.5, 0.6) is 0 Å². The maximum Gasteiger partial charge on any atom is 0.272 e. The van der Waals surface area contributed by atoms with Gasteiger partial charge in [0.1, 0.15) is 0 Å². The molecule has 1 saturated heterocycles. The van der Waals surface area contributed by atoms with Gasteiger partial charge in [0.2, 0.25) is 5.91 Å². The summed E-state index contributed by atoms with van der Waals surface area (Å²) in [5, 5.41) is 5.81. The van der Waals surface area contributed by atoms with Crippen molar-refractivity contribution in [3.8, 4) is 0 Å². The van der Waals surface area contributed by atoms with Crippen LogP contribution in [0.1, 0.15) is 34.6 Å². The van der Waals surface area contributed by atoms with Gasteiger partial charge in [-0.3, -0.25) is 9.59 Å². The highest BCUT2D eigenvalue weighted by Gasteiger charge is 2.21. The van der Waals surface area contributed by atoms with Gasteiger partial charge in [-0.2, -0.15) is 0 Å². The third kappa shape index (κ3) is 5.55. The van der Waals surface area contributed by atoms with Crippen LogP contribution in [0, 0.1) is 0 Å². The number of nitrogens with one attached hydrogen (secondary N) is 2. The molecule has 1 aliphatic heterocycles. The SMILES string of the molecule is C=CC(=O)Nc1ccccc1/C=C/c1ccc(N)c(C(=O)NC2CCN(C)CC2)n1. The second kappa shape index (κ2) is 9.84. The summed E-state index contributed by atoms with van der Waals surface area (Å²) in [7, 11) is 2.08. The Morgan fingerprint density at radius 1 is 1.17 bits per heavy atom. The Hall–Kier alpha value is -3.45. The number of piperidine rings is 1. The molecule has 1 aromatic heterocycles. The van der Waals surface area contributed by atoms with Crippen molar-refractivity contribution in [1.82, 2.24) is 15.2 Å². The molecule has 0 saturated carbocycles. The van der Waals surface area contributed by atoms with E-state index in [1.54, 1.807) is 24.3 Å². The molecule has 0 unspecified atom stereocenters. The molecule has 7 nitrogen and oxygen atoms in total. The number of nitrogens with zero attached hydrogens (tertiary/aromatic N) is 2. The van der Waals surface area contributed by atoms with Crippen LogP contribution in [-0.4, -0.2) is 47.9 Å². The van der Waals surface area contributed by atoms with E-state index in [4.69, 9.17) is 5.73 Å². The minimum atomic E-state index is -0.283. The lowest BCUT2D eigenvalue weighted by Gasteiger charge is -2.29. The molecule has 1 aliphatic rings. The summed E-state index contributed by atoms with van der Waals surface area (Å²) >= 11 is 0. The van der Waals surface area contributed by atoms with E-state index in [1.807, 2.05) is 24.3 Å². The van der Waals surface area contributed by atoms with E-state index in [1.165, 1.54) is 6.08 Å². The fourth-order valence-corrected chi connectivity index (χ4v) is 3.28. The summed E-state index contributed by atoms with van der Waals surface area (Å²) in [5.74, 6) is -0.537. The van der Waals surface area contributed by atoms with Crippen molar-refractivity contribution in [3.63, 3.8) is 0 Å². The molecule has 30 heavy (non-hydrogen) atoms. The van der Waals surface area contributed by atoms with Crippen LogP contribution in [-0.2, 0) is 4.79 Å². The predicted molar refractivity (Wildman–Crippen MR) is 121 cm³/mol. The Balaban J connectivity index is 1.75. The lowest BCUT2D eigenvalue weighted by molar-refractivity contribution is -0.111. The number of carbonyl (C=O) groups excluding carboxylic acids is 2. The molecule has 2 amide bonds. The van der Waals surface area contributed by atoms with Gasteiger partial charge in [0.25, 0.3) is 5.91 Å². The molecule has 1 aromatic carbocycles. The fraction of sp³-hybridized carbons (Fsp3) is 0.261. The summed E-state index contributed by atoms with van der Waals surface area (Å²) in [6.07, 6.45) is 6.65. The smallest absolute Gasteiger partial charge is 0.272 e. The lowest BCUT2D eigenvalue weighted by atomic mass is 10.1. The fourth-order valence-electron chi connectivity index (χ4n) is 3.28. The molecule has 156 valence electrons. The zero-order valence-corrected chi connectivity index (χ0v) is 17.1.